The molecule has 0 bridgehead atoms. The average Bonchev–Trinajstić information content (AvgIpc) is 3.51. The van der Waals surface area contributed by atoms with E-state index < -0.39 is 8.07 Å². The number of nitrogens with zero attached hydrogens (tertiary/aromatic N) is 2. The quantitative estimate of drug-likeness (QED) is 0.113. The fraction of sp³-hybridized carbons (Fsp3) is 0.306. The molecule has 0 aliphatic heterocycles. The van der Waals surface area contributed by atoms with E-state index in [-0.39, 0.29) is 25.5 Å². The van der Waals surface area contributed by atoms with Crippen LogP contribution in [0, 0.1) is 23.5 Å². The van der Waals surface area contributed by atoms with Gasteiger partial charge in [0.05, 0.1) is 13.7 Å². The van der Waals surface area contributed by atoms with Crippen LogP contribution in [0.25, 0.3) is 44.5 Å². The SMILES string of the molecule is CC(C)Cc1cc(-c2[c-]cccc2)ncc1[Si](C)(C)C.CC(c1ccccc1)c1ccc2oc3c[c-]c(-c4cc(C(C)C(C)(C)C)ccn4)cc3c2c1.[Ir]. The molecule has 0 aliphatic rings. The van der Waals surface area contributed by atoms with E-state index in [4.69, 9.17) is 4.42 Å². The summed E-state index contributed by atoms with van der Waals surface area (Å²) < 4.78 is 6.14. The standard InChI is InChI=1S/C31H30NO.C18H24NSi.Ir/c1-20(22-9-7-6-8-10-22)23-11-13-29-26(17-23)27-18-25(12-14-30(27)33-29)28-19-24(15-16-32-28)21(2)31(3,4)5;1-14(2)11-16-12-17(15-9-7-6-8-10-15)19-13-18(16)20(3,4)5;/h6-11,13-21H,1-5H3;6-9,12-14H,11H2,1-5H3;/q2*-1;. The maximum atomic E-state index is 6.14. The zero-order valence-corrected chi connectivity index (χ0v) is 36.9. The first-order chi connectivity index (χ1) is 25.2. The second-order valence-corrected chi connectivity index (χ2v) is 22.1. The zero-order chi connectivity index (χ0) is 37.9. The summed E-state index contributed by atoms with van der Waals surface area (Å²) >= 11 is 0. The third kappa shape index (κ3) is 9.55. The minimum Gasteiger partial charge on any atom is -0.500 e. The van der Waals surface area contributed by atoms with Crippen LogP contribution in [0.3, 0.4) is 0 Å². The van der Waals surface area contributed by atoms with Gasteiger partial charge in [0.1, 0.15) is 5.58 Å². The number of rotatable bonds is 8. The number of fused-ring (bicyclic) bond motifs is 3. The van der Waals surface area contributed by atoms with Gasteiger partial charge >= 0.3 is 0 Å². The zero-order valence-electron chi connectivity index (χ0n) is 33.5. The van der Waals surface area contributed by atoms with E-state index in [1.54, 1.807) is 0 Å². The van der Waals surface area contributed by atoms with Crippen LogP contribution >= 0.6 is 0 Å². The van der Waals surface area contributed by atoms with Crippen LogP contribution in [0.2, 0.25) is 19.6 Å². The van der Waals surface area contributed by atoms with Crippen molar-refractivity contribution in [3.63, 3.8) is 0 Å². The van der Waals surface area contributed by atoms with Crippen molar-refractivity contribution in [3.05, 3.63) is 150 Å². The van der Waals surface area contributed by atoms with Gasteiger partial charge in [0, 0.05) is 43.8 Å². The summed E-state index contributed by atoms with van der Waals surface area (Å²) in [4.78, 5) is 9.36. The van der Waals surface area contributed by atoms with Crippen molar-refractivity contribution >= 4 is 35.2 Å². The number of furan rings is 1. The molecule has 5 heteroatoms. The first-order valence-corrected chi connectivity index (χ1v) is 22.5. The fourth-order valence-corrected chi connectivity index (χ4v) is 8.52. The van der Waals surface area contributed by atoms with Gasteiger partial charge in [-0.25, -0.2) is 0 Å². The van der Waals surface area contributed by atoms with E-state index >= 15 is 0 Å². The van der Waals surface area contributed by atoms with Crippen LogP contribution in [0.5, 0.6) is 0 Å². The summed E-state index contributed by atoms with van der Waals surface area (Å²) in [5, 5.41) is 3.74. The Morgan fingerprint density at radius 1 is 0.685 bits per heavy atom. The number of aromatic nitrogens is 2. The topological polar surface area (TPSA) is 38.9 Å². The van der Waals surface area contributed by atoms with Crippen LogP contribution < -0.4 is 5.19 Å². The Bertz CT molecular complexity index is 2300. The van der Waals surface area contributed by atoms with E-state index in [1.165, 1.54) is 27.4 Å². The van der Waals surface area contributed by atoms with Crippen LogP contribution in [0.1, 0.15) is 82.6 Å². The maximum Gasteiger partial charge on any atom is 0.120 e. The minimum atomic E-state index is -1.34. The van der Waals surface area contributed by atoms with Crippen molar-refractivity contribution < 1.29 is 24.5 Å². The minimum absolute atomic E-state index is 0. The largest absolute Gasteiger partial charge is 0.500 e. The van der Waals surface area contributed by atoms with Gasteiger partial charge in [0.2, 0.25) is 0 Å². The van der Waals surface area contributed by atoms with Crippen LogP contribution in [0.4, 0.5) is 0 Å². The van der Waals surface area contributed by atoms with E-state index in [0.717, 1.165) is 50.9 Å². The molecule has 54 heavy (non-hydrogen) atoms. The Balaban J connectivity index is 0.000000230. The van der Waals surface area contributed by atoms with E-state index in [9.17, 15) is 0 Å². The molecule has 2 unspecified atom stereocenters. The smallest absolute Gasteiger partial charge is 0.120 e. The molecule has 2 atom stereocenters. The number of benzene rings is 4. The Morgan fingerprint density at radius 2 is 1.39 bits per heavy atom. The third-order valence-electron chi connectivity index (χ3n) is 10.5. The van der Waals surface area contributed by atoms with Crippen molar-refractivity contribution in [2.75, 3.05) is 0 Å². The first-order valence-electron chi connectivity index (χ1n) is 19.0. The van der Waals surface area contributed by atoms with E-state index in [0.29, 0.717) is 17.8 Å². The summed E-state index contributed by atoms with van der Waals surface area (Å²) in [5.74, 6) is 1.41. The van der Waals surface area contributed by atoms with Crippen molar-refractivity contribution in [3.8, 4) is 22.5 Å². The number of hydrogen-bond donors (Lipinski definition) is 0. The van der Waals surface area contributed by atoms with Gasteiger partial charge in [-0.2, -0.15) is 0 Å². The molecule has 0 fully saturated rings. The monoisotopic (exact) mass is 907 g/mol. The number of pyridine rings is 2. The van der Waals surface area contributed by atoms with Gasteiger partial charge in [0.15, 0.2) is 0 Å². The molecule has 4 aromatic carbocycles. The Morgan fingerprint density at radius 3 is 2.06 bits per heavy atom. The van der Waals surface area contributed by atoms with Crippen LogP contribution in [0.15, 0.2) is 120 Å². The Hall–Kier alpha value is -4.15. The van der Waals surface area contributed by atoms with E-state index in [2.05, 4.69) is 175 Å². The third-order valence-corrected chi connectivity index (χ3v) is 12.6. The van der Waals surface area contributed by atoms with Crippen molar-refractivity contribution in [2.24, 2.45) is 11.3 Å². The molecule has 0 saturated carbocycles. The van der Waals surface area contributed by atoms with Crippen molar-refractivity contribution in [1.29, 1.82) is 0 Å². The molecular formula is C49H54IrN2OSi-2. The summed E-state index contributed by atoms with van der Waals surface area (Å²) in [6.45, 7) is 23.1. The molecule has 0 amide bonds. The second kappa shape index (κ2) is 17.1. The van der Waals surface area contributed by atoms with Gasteiger partial charge in [-0.1, -0.05) is 133 Å². The Labute approximate surface area is 338 Å². The van der Waals surface area contributed by atoms with Gasteiger partial charge in [-0.15, -0.1) is 59.7 Å². The van der Waals surface area contributed by atoms with Gasteiger partial charge in [-0.05, 0) is 69.6 Å². The maximum absolute atomic E-state index is 6.14. The van der Waals surface area contributed by atoms with Gasteiger partial charge in [0.25, 0.3) is 0 Å². The molecule has 0 spiro atoms. The van der Waals surface area contributed by atoms with Crippen molar-refractivity contribution in [1.82, 2.24) is 9.97 Å². The Kier molecular flexibility index (Phi) is 13.0. The van der Waals surface area contributed by atoms with Gasteiger partial charge in [-0.3, -0.25) is 0 Å². The van der Waals surface area contributed by atoms with Gasteiger partial charge < -0.3 is 14.4 Å². The summed E-state index contributed by atoms with van der Waals surface area (Å²) in [7, 11) is -1.34. The summed E-state index contributed by atoms with van der Waals surface area (Å²) in [6.07, 6.45) is 5.15. The normalized spacial score (nSPS) is 12.9. The average molecular weight is 907 g/mol. The molecule has 3 nitrogen and oxygen atoms in total. The van der Waals surface area contributed by atoms with Crippen LogP contribution in [-0.4, -0.2) is 18.0 Å². The first kappa shape index (κ1) is 41.0. The molecule has 3 heterocycles. The van der Waals surface area contributed by atoms with E-state index in [1.807, 2.05) is 30.5 Å². The molecule has 0 saturated heterocycles. The molecule has 0 aliphatic carbocycles. The second-order valence-electron chi connectivity index (χ2n) is 17.0. The predicted octanol–water partition coefficient (Wildman–Crippen LogP) is 13.0. The van der Waals surface area contributed by atoms with Crippen LogP contribution in [-0.2, 0) is 26.5 Å². The summed E-state index contributed by atoms with van der Waals surface area (Å²) in [5.41, 5.74) is 11.4. The molecule has 7 rings (SSSR count). The molecule has 7 aromatic rings. The van der Waals surface area contributed by atoms with Crippen molar-refractivity contribution in [2.45, 2.75) is 86.4 Å². The molecule has 281 valence electrons. The summed E-state index contributed by atoms with van der Waals surface area (Å²) in [6, 6.07) is 42.6. The fourth-order valence-electron chi connectivity index (χ4n) is 6.93. The molecule has 1 radical (unpaired) electrons. The predicted molar refractivity (Wildman–Crippen MR) is 228 cm³/mol. The molecule has 0 N–H and O–H groups in total. The molecular weight excluding hydrogens is 853 g/mol. The molecule has 3 aromatic heterocycles. The number of hydrogen-bond acceptors (Lipinski definition) is 3.